The maximum Gasteiger partial charge on any atom is 0.417 e. The lowest BCUT2D eigenvalue weighted by Gasteiger charge is -2.09. The molecule has 1 aromatic carbocycles. The molecule has 0 atom stereocenters. The molecule has 2 aromatic heterocycles. The summed E-state index contributed by atoms with van der Waals surface area (Å²) < 4.78 is 56.4. The predicted molar refractivity (Wildman–Crippen MR) is 96.4 cm³/mol. The van der Waals surface area contributed by atoms with Crippen LogP contribution in [0, 0.1) is 0 Å². The largest absolute Gasteiger partial charge is 0.493 e. The lowest BCUT2D eigenvalue weighted by molar-refractivity contribution is -0.137. The van der Waals surface area contributed by atoms with Crippen molar-refractivity contribution in [2.24, 2.45) is 0 Å². The highest BCUT2D eigenvalue weighted by molar-refractivity contribution is 7.99. The SMILES string of the molecule is FC(F)(F)c1cc(Cl)c2nnc(SCCCOc3ccc4c(c3)OCO4)n2c1. The number of hydrogen-bond acceptors (Lipinski definition) is 6. The quantitative estimate of drug-likeness (QED) is 0.417. The first-order valence-electron chi connectivity index (χ1n) is 8.18. The van der Waals surface area contributed by atoms with Gasteiger partial charge in [0.2, 0.25) is 6.79 Å². The standard InChI is InChI=1S/C17H13ClF3N3O3S/c18-12-6-10(17(19,20)21)8-24-15(12)22-23-16(24)28-5-1-4-25-11-2-3-13-14(7-11)27-9-26-13/h2-3,6-8H,1,4-5,9H2. The Labute approximate surface area is 166 Å². The van der Waals surface area contributed by atoms with Gasteiger partial charge < -0.3 is 14.2 Å². The minimum absolute atomic E-state index is 0.0969. The van der Waals surface area contributed by atoms with E-state index in [1.807, 2.05) is 0 Å². The van der Waals surface area contributed by atoms with Gasteiger partial charge in [0.15, 0.2) is 22.3 Å². The summed E-state index contributed by atoms with van der Waals surface area (Å²) in [4.78, 5) is 0. The summed E-state index contributed by atoms with van der Waals surface area (Å²) in [6.45, 7) is 0.625. The molecule has 6 nitrogen and oxygen atoms in total. The van der Waals surface area contributed by atoms with Gasteiger partial charge in [-0.3, -0.25) is 4.40 Å². The highest BCUT2D eigenvalue weighted by Crippen LogP contribution is 2.35. The Morgan fingerprint density at radius 2 is 2.00 bits per heavy atom. The van der Waals surface area contributed by atoms with E-state index in [9.17, 15) is 13.2 Å². The third-order valence-corrected chi connectivity index (χ3v) is 5.20. The summed E-state index contributed by atoms with van der Waals surface area (Å²) in [5.41, 5.74) is -0.661. The van der Waals surface area contributed by atoms with Crippen molar-refractivity contribution in [2.45, 2.75) is 17.8 Å². The zero-order valence-corrected chi connectivity index (χ0v) is 15.8. The lowest BCUT2D eigenvalue weighted by atomic mass is 10.3. The van der Waals surface area contributed by atoms with Gasteiger partial charge in [0, 0.05) is 18.0 Å². The molecule has 1 aliphatic heterocycles. The van der Waals surface area contributed by atoms with Crippen LogP contribution in [-0.4, -0.2) is 33.8 Å². The molecule has 28 heavy (non-hydrogen) atoms. The molecule has 11 heteroatoms. The Morgan fingerprint density at radius 1 is 1.18 bits per heavy atom. The van der Waals surface area contributed by atoms with E-state index >= 15 is 0 Å². The van der Waals surface area contributed by atoms with Crippen molar-refractivity contribution in [1.29, 1.82) is 0 Å². The number of fused-ring (bicyclic) bond motifs is 2. The van der Waals surface area contributed by atoms with Crippen LogP contribution in [0.25, 0.3) is 5.65 Å². The summed E-state index contributed by atoms with van der Waals surface area (Å²) in [6.07, 6.45) is -2.89. The van der Waals surface area contributed by atoms with Crippen molar-refractivity contribution in [3.05, 3.63) is 41.0 Å². The van der Waals surface area contributed by atoms with E-state index in [2.05, 4.69) is 10.2 Å². The van der Waals surface area contributed by atoms with Crippen molar-refractivity contribution in [3.63, 3.8) is 0 Å². The molecule has 0 saturated heterocycles. The molecule has 0 N–H and O–H groups in total. The predicted octanol–water partition coefficient (Wildman–Crippen LogP) is 4.69. The monoisotopic (exact) mass is 431 g/mol. The molecule has 3 aromatic rings. The molecule has 0 fully saturated rings. The number of rotatable bonds is 6. The number of halogens is 4. The smallest absolute Gasteiger partial charge is 0.417 e. The molecule has 148 valence electrons. The van der Waals surface area contributed by atoms with Gasteiger partial charge in [-0.15, -0.1) is 10.2 Å². The minimum Gasteiger partial charge on any atom is -0.493 e. The fourth-order valence-electron chi connectivity index (χ4n) is 2.57. The zero-order valence-electron chi connectivity index (χ0n) is 14.2. The Balaban J connectivity index is 1.35. The topological polar surface area (TPSA) is 57.9 Å². The van der Waals surface area contributed by atoms with Crippen molar-refractivity contribution in [3.8, 4) is 17.2 Å². The summed E-state index contributed by atoms with van der Waals surface area (Å²) in [5, 5.41) is 8.03. The highest BCUT2D eigenvalue weighted by Gasteiger charge is 2.32. The first-order chi connectivity index (χ1) is 13.4. The fraction of sp³-hybridized carbons (Fsp3) is 0.294. The third kappa shape index (κ3) is 3.93. The van der Waals surface area contributed by atoms with Gasteiger partial charge in [0.1, 0.15) is 5.75 Å². The number of nitrogens with zero attached hydrogens (tertiary/aromatic N) is 3. The molecule has 0 amide bonds. The second-order valence-electron chi connectivity index (χ2n) is 5.82. The van der Waals surface area contributed by atoms with Crippen LogP contribution in [0.3, 0.4) is 0 Å². The average Bonchev–Trinajstić information content (AvgIpc) is 3.27. The van der Waals surface area contributed by atoms with E-state index in [1.54, 1.807) is 18.2 Å². The van der Waals surface area contributed by atoms with Crippen molar-refractivity contribution < 1.29 is 27.4 Å². The summed E-state index contributed by atoms with van der Waals surface area (Å²) in [7, 11) is 0. The van der Waals surface area contributed by atoms with Crippen LogP contribution in [0.15, 0.2) is 35.6 Å². The van der Waals surface area contributed by atoms with Crippen molar-refractivity contribution >= 4 is 29.0 Å². The van der Waals surface area contributed by atoms with E-state index in [0.717, 1.165) is 12.3 Å². The van der Waals surface area contributed by atoms with Gasteiger partial charge in [-0.25, -0.2) is 0 Å². The van der Waals surface area contributed by atoms with E-state index < -0.39 is 11.7 Å². The first kappa shape index (κ1) is 19.0. The number of benzene rings is 1. The summed E-state index contributed by atoms with van der Waals surface area (Å²) in [6, 6.07) is 6.16. The first-order valence-corrected chi connectivity index (χ1v) is 9.55. The number of pyridine rings is 1. The number of ether oxygens (including phenoxy) is 3. The maximum absolute atomic E-state index is 13.0. The third-order valence-electron chi connectivity index (χ3n) is 3.89. The van der Waals surface area contributed by atoms with Crippen LogP contribution < -0.4 is 14.2 Å². The van der Waals surface area contributed by atoms with Gasteiger partial charge in [-0.2, -0.15) is 13.2 Å². The molecular formula is C17H13ClF3N3O3S. The van der Waals surface area contributed by atoms with E-state index in [-0.39, 0.29) is 17.5 Å². The molecule has 0 spiro atoms. The zero-order chi connectivity index (χ0) is 19.7. The molecule has 0 unspecified atom stereocenters. The van der Waals surface area contributed by atoms with Crippen LogP contribution in [0.2, 0.25) is 5.02 Å². The van der Waals surface area contributed by atoms with E-state index in [1.165, 1.54) is 16.2 Å². The number of hydrogen-bond donors (Lipinski definition) is 0. The minimum atomic E-state index is -4.50. The molecule has 0 aliphatic carbocycles. The van der Waals surface area contributed by atoms with Crippen LogP contribution in [-0.2, 0) is 6.18 Å². The molecule has 0 radical (unpaired) electrons. The Kier molecular flexibility index (Phi) is 5.15. The molecule has 0 bridgehead atoms. The van der Waals surface area contributed by atoms with Gasteiger partial charge in [0.25, 0.3) is 0 Å². The van der Waals surface area contributed by atoms with Gasteiger partial charge >= 0.3 is 6.18 Å². The summed E-state index contributed by atoms with van der Waals surface area (Å²) >= 11 is 7.18. The number of aromatic nitrogens is 3. The van der Waals surface area contributed by atoms with Gasteiger partial charge in [-0.1, -0.05) is 23.4 Å². The number of alkyl halides is 3. The normalized spacial score (nSPS) is 13.3. The van der Waals surface area contributed by atoms with Crippen molar-refractivity contribution in [2.75, 3.05) is 19.2 Å². The van der Waals surface area contributed by atoms with E-state index in [0.29, 0.717) is 41.2 Å². The Hall–Kier alpha value is -2.33. The van der Waals surface area contributed by atoms with E-state index in [4.69, 9.17) is 25.8 Å². The van der Waals surface area contributed by atoms with Crippen LogP contribution >= 0.6 is 23.4 Å². The number of thioether (sulfide) groups is 1. The Morgan fingerprint density at radius 3 is 2.82 bits per heavy atom. The van der Waals surface area contributed by atoms with Crippen molar-refractivity contribution in [1.82, 2.24) is 14.6 Å². The fourth-order valence-corrected chi connectivity index (χ4v) is 3.63. The van der Waals surface area contributed by atoms with Gasteiger partial charge in [-0.05, 0) is 24.6 Å². The second kappa shape index (κ2) is 7.59. The van der Waals surface area contributed by atoms with Crippen LogP contribution in [0.1, 0.15) is 12.0 Å². The molecular weight excluding hydrogens is 419 g/mol. The molecule has 0 saturated carbocycles. The van der Waals surface area contributed by atoms with Crippen LogP contribution in [0.5, 0.6) is 17.2 Å². The summed E-state index contributed by atoms with van der Waals surface area (Å²) in [5.74, 6) is 2.56. The molecule has 1 aliphatic rings. The van der Waals surface area contributed by atoms with Crippen LogP contribution in [0.4, 0.5) is 13.2 Å². The van der Waals surface area contributed by atoms with Gasteiger partial charge in [0.05, 0.1) is 17.2 Å². The lowest BCUT2D eigenvalue weighted by Crippen LogP contribution is -2.07. The highest BCUT2D eigenvalue weighted by atomic mass is 35.5. The maximum atomic E-state index is 13.0. The average molecular weight is 432 g/mol. The molecule has 4 rings (SSSR count). The Bertz CT molecular complexity index is 1010. The second-order valence-corrected chi connectivity index (χ2v) is 7.29. The molecule has 3 heterocycles.